The summed E-state index contributed by atoms with van der Waals surface area (Å²) in [6, 6.07) is 14.1. The minimum Gasteiger partial charge on any atom is -0.493 e. The number of hydrogen-bond acceptors (Lipinski definition) is 3. The molecular weight excluding hydrogens is 340 g/mol. The summed E-state index contributed by atoms with van der Waals surface area (Å²) in [5.41, 5.74) is 1.68. The molecule has 0 saturated heterocycles. The average molecular weight is 368 g/mol. The van der Waals surface area contributed by atoms with E-state index in [1.807, 2.05) is 26.0 Å². The zero-order valence-corrected chi connectivity index (χ0v) is 16.2. The summed E-state index contributed by atoms with van der Waals surface area (Å²) in [5, 5.41) is 5.69. The second kappa shape index (κ2) is 10.4. The van der Waals surface area contributed by atoms with Gasteiger partial charge in [0, 0.05) is 17.3 Å². The number of ether oxygens (including phenoxy) is 1. The Kier molecular flexibility index (Phi) is 7.86. The molecule has 0 radical (unpaired) electrons. The van der Waals surface area contributed by atoms with Gasteiger partial charge in [-0.1, -0.05) is 31.9 Å². The van der Waals surface area contributed by atoms with Crippen LogP contribution in [-0.2, 0) is 0 Å². The Hall–Kier alpha value is -2.82. The Morgan fingerprint density at radius 1 is 0.963 bits per heavy atom. The molecule has 2 aromatic rings. The fourth-order valence-corrected chi connectivity index (χ4v) is 2.56. The monoisotopic (exact) mass is 368 g/mol. The highest BCUT2D eigenvalue weighted by Gasteiger charge is 2.13. The average Bonchev–Trinajstić information content (AvgIpc) is 2.65. The Morgan fingerprint density at radius 3 is 2.33 bits per heavy atom. The molecule has 0 unspecified atom stereocenters. The Morgan fingerprint density at radius 2 is 1.67 bits per heavy atom. The third-order valence-electron chi connectivity index (χ3n) is 3.96. The van der Waals surface area contributed by atoms with Gasteiger partial charge in [-0.05, 0) is 56.7 Å². The highest BCUT2D eigenvalue weighted by atomic mass is 16.5. The van der Waals surface area contributed by atoms with Crippen LogP contribution in [0.15, 0.2) is 48.5 Å². The van der Waals surface area contributed by atoms with Crippen molar-refractivity contribution >= 4 is 17.5 Å². The van der Waals surface area contributed by atoms with Crippen molar-refractivity contribution in [3.8, 4) is 5.75 Å². The van der Waals surface area contributed by atoms with Gasteiger partial charge in [-0.2, -0.15) is 0 Å². The number of benzene rings is 2. The van der Waals surface area contributed by atoms with E-state index in [0.717, 1.165) is 19.3 Å². The molecule has 27 heavy (non-hydrogen) atoms. The lowest BCUT2D eigenvalue weighted by atomic mass is 10.1. The summed E-state index contributed by atoms with van der Waals surface area (Å²) in [7, 11) is 0. The molecule has 0 spiro atoms. The summed E-state index contributed by atoms with van der Waals surface area (Å²) in [6.07, 6.45) is 3.19. The van der Waals surface area contributed by atoms with Gasteiger partial charge in [0.05, 0.1) is 12.2 Å². The lowest BCUT2D eigenvalue weighted by Crippen LogP contribution is -2.30. The van der Waals surface area contributed by atoms with Crippen LogP contribution in [0, 0.1) is 0 Å². The summed E-state index contributed by atoms with van der Waals surface area (Å²) in [5.74, 6) is 0.216. The molecule has 0 atom stereocenters. The van der Waals surface area contributed by atoms with Gasteiger partial charge in [0.15, 0.2) is 0 Å². The zero-order valence-electron chi connectivity index (χ0n) is 16.2. The smallest absolute Gasteiger partial charge is 0.259 e. The fraction of sp³-hybridized carbons (Fsp3) is 0.364. The van der Waals surface area contributed by atoms with Gasteiger partial charge < -0.3 is 15.4 Å². The summed E-state index contributed by atoms with van der Waals surface area (Å²) < 4.78 is 5.77. The largest absolute Gasteiger partial charge is 0.493 e. The lowest BCUT2D eigenvalue weighted by Gasteiger charge is -2.12. The highest BCUT2D eigenvalue weighted by Crippen LogP contribution is 2.20. The van der Waals surface area contributed by atoms with E-state index in [-0.39, 0.29) is 17.9 Å². The molecule has 2 aromatic carbocycles. The van der Waals surface area contributed by atoms with E-state index >= 15 is 0 Å². The van der Waals surface area contributed by atoms with E-state index < -0.39 is 0 Å². The fourth-order valence-electron chi connectivity index (χ4n) is 2.56. The first-order valence-electron chi connectivity index (χ1n) is 9.45. The van der Waals surface area contributed by atoms with E-state index in [1.165, 1.54) is 0 Å². The maximum atomic E-state index is 12.6. The number of anilines is 1. The predicted octanol–water partition coefficient (Wildman–Crippen LogP) is 4.65. The molecule has 0 aliphatic rings. The third-order valence-corrected chi connectivity index (χ3v) is 3.96. The van der Waals surface area contributed by atoms with Crippen molar-refractivity contribution in [2.24, 2.45) is 0 Å². The van der Waals surface area contributed by atoms with Crippen molar-refractivity contribution in [3.63, 3.8) is 0 Å². The van der Waals surface area contributed by atoms with Gasteiger partial charge >= 0.3 is 0 Å². The lowest BCUT2D eigenvalue weighted by molar-refractivity contribution is 0.0942. The van der Waals surface area contributed by atoms with Gasteiger partial charge in [-0.15, -0.1) is 0 Å². The molecular formula is C22H28N2O3. The molecule has 0 fully saturated rings. The summed E-state index contributed by atoms with van der Waals surface area (Å²) in [4.78, 5) is 24.6. The van der Waals surface area contributed by atoms with Crippen molar-refractivity contribution in [2.45, 2.75) is 46.1 Å². The molecule has 2 N–H and O–H groups in total. The van der Waals surface area contributed by atoms with Crippen LogP contribution in [0.25, 0.3) is 0 Å². The van der Waals surface area contributed by atoms with Crippen molar-refractivity contribution < 1.29 is 14.3 Å². The van der Waals surface area contributed by atoms with E-state index in [9.17, 15) is 9.59 Å². The maximum absolute atomic E-state index is 12.6. The number of hydrogen-bond donors (Lipinski definition) is 2. The molecule has 0 aromatic heterocycles. The van der Waals surface area contributed by atoms with Gasteiger partial charge in [0.2, 0.25) is 0 Å². The Labute approximate surface area is 161 Å². The number of amides is 2. The van der Waals surface area contributed by atoms with E-state index in [1.54, 1.807) is 36.4 Å². The van der Waals surface area contributed by atoms with Crippen LogP contribution in [0.4, 0.5) is 5.69 Å². The summed E-state index contributed by atoms with van der Waals surface area (Å²) >= 11 is 0. The molecule has 0 bridgehead atoms. The minimum atomic E-state index is -0.236. The second-order valence-electron chi connectivity index (χ2n) is 6.71. The van der Waals surface area contributed by atoms with E-state index in [0.29, 0.717) is 29.2 Å². The minimum absolute atomic E-state index is 0.0747. The first-order valence-corrected chi connectivity index (χ1v) is 9.45. The van der Waals surface area contributed by atoms with Crippen molar-refractivity contribution in [3.05, 3.63) is 59.7 Å². The van der Waals surface area contributed by atoms with Crippen LogP contribution in [0.1, 0.15) is 60.7 Å². The molecule has 5 heteroatoms. The number of unbranched alkanes of at least 4 members (excludes halogenated alkanes) is 2. The van der Waals surface area contributed by atoms with Gasteiger partial charge in [0.1, 0.15) is 5.75 Å². The van der Waals surface area contributed by atoms with Gasteiger partial charge in [0.25, 0.3) is 11.8 Å². The molecule has 0 aliphatic carbocycles. The first-order chi connectivity index (χ1) is 13.0. The SMILES string of the molecule is CCCCCOc1ccccc1C(=O)Nc1ccc(C(=O)NC(C)C)cc1. The van der Waals surface area contributed by atoms with Crippen LogP contribution in [-0.4, -0.2) is 24.5 Å². The van der Waals surface area contributed by atoms with Crippen LogP contribution in [0.2, 0.25) is 0 Å². The number of carbonyl (C=O) groups is 2. The summed E-state index contributed by atoms with van der Waals surface area (Å²) in [6.45, 7) is 6.56. The quantitative estimate of drug-likeness (QED) is 0.633. The topological polar surface area (TPSA) is 67.4 Å². The van der Waals surface area contributed by atoms with E-state index in [4.69, 9.17) is 4.74 Å². The number of para-hydroxylation sites is 1. The number of rotatable bonds is 9. The molecule has 0 heterocycles. The van der Waals surface area contributed by atoms with Gasteiger partial charge in [-0.25, -0.2) is 0 Å². The normalized spacial score (nSPS) is 10.5. The standard InChI is InChI=1S/C22H28N2O3/c1-4-5-8-15-27-20-10-7-6-9-19(20)22(26)24-18-13-11-17(12-14-18)21(25)23-16(2)3/h6-7,9-14,16H,4-5,8,15H2,1-3H3,(H,23,25)(H,24,26). The molecule has 0 saturated carbocycles. The molecule has 5 nitrogen and oxygen atoms in total. The first kappa shape index (κ1) is 20.5. The van der Waals surface area contributed by atoms with Crippen LogP contribution >= 0.6 is 0 Å². The van der Waals surface area contributed by atoms with Crippen molar-refractivity contribution in [1.82, 2.24) is 5.32 Å². The highest BCUT2D eigenvalue weighted by molar-refractivity contribution is 6.06. The van der Waals surface area contributed by atoms with Crippen LogP contribution in [0.3, 0.4) is 0 Å². The Bertz CT molecular complexity index is 754. The molecule has 2 rings (SSSR count). The molecule has 144 valence electrons. The van der Waals surface area contributed by atoms with E-state index in [2.05, 4.69) is 17.6 Å². The van der Waals surface area contributed by atoms with Crippen LogP contribution < -0.4 is 15.4 Å². The van der Waals surface area contributed by atoms with Crippen molar-refractivity contribution in [2.75, 3.05) is 11.9 Å². The Balaban J connectivity index is 2.01. The zero-order chi connectivity index (χ0) is 19.6. The van der Waals surface area contributed by atoms with Crippen LogP contribution in [0.5, 0.6) is 5.75 Å². The number of carbonyl (C=O) groups excluding carboxylic acids is 2. The predicted molar refractivity (Wildman–Crippen MR) is 108 cm³/mol. The maximum Gasteiger partial charge on any atom is 0.259 e. The third kappa shape index (κ3) is 6.44. The molecule has 0 aliphatic heterocycles. The van der Waals surface area contributed by atoms with Crippen molar-refractivity contribution in [1.29, 1.82) is 0 Å². The number of nitrogens with one attached hydrogen (secondary N) is 2. The second-order valence-corrected chi connectivity index (χ2v) is 6.71. The van der Waals surface area contributed by atoms with Gasteiger partial charge in [-0.3, -0.25) is 9.59 Å². The molecule has 2 amide bonds.